The van der Waals surface area contributed by atoms with Crippen LogP contribution in [0.2, 0.25) is 0 Å². The molecule has 1 aliphatic heterocycles. The predicted molar refractivity (Wildman–Crippen MR) is 66.9 cm³/mol. The molecule has 1 saturated heterocycles. The highest BCUT2D eigenvalue weighted by molar-refractivity contribution is 5.67. The van der Waals surface area contributed by atoms with Gasteiger partial charge in [-0.25, -0.2) is 8.78 Å². The number of benzene rings is 1. The van der Waals surface area contributed by atoms with Crippen LogP contribution >= 0.6 is 0 Å². The maximum absolute atomic E-state index is 13.2. The normalized spacial score (nSPS) is 23.4. The lowest BCUT2D eigenvalue weighted by Gasteiger charge is -2.37. The van der Waals surface area contributed by atoms with Gasteiger partial charge in [0.1, 0.15) is 0 Å². The van der Waals surface area contributed by atoms with E-state index in [0.717, 1.165) is 12.1 Å². The SMILES string of the molecule is NC1CC(CC(=O)O)CN(c2ccc(F)c(F)c2)C1. The van der Waals surface area contributed by atoms with Crippen molar-refractivity contribution in [2.75, 3.05) is 18.0 Å². The first-order chi connectivity index (χ1) is 8.95. The first-order valence-electron chi connectivity index (χ1n) is 6.13. The van der Waals surface area contributed by atoms with Crippen LogP contribution < -0.4 is 10.6 Å². The van der Waals surface area contributed by atoms with Crippen molar-refractivity contribution in [3.05, 3.63) is 29.8 Å². The molecule has 2 atom stereocenters. The van der Waals surface area contributed by atoms with E-state index in [-0.39, 0.29) is 18.4 Å². The largest absolute Gasteiger partial charge is 0.481 e. The molecule has 0 saturated carbocycles. The van der Waals surface area contributed by atoms with E-state index in [0.29, 0.717) is 25.2 Å². The number of aliphatic carboxylic acids is 1. The van der Waals surface area contributed by atoms with E-state index in [1.54, 1.807) is 0 Å². The number of carbonyl (C=O) groups is 1. The van der Waals surface area contributed by atoms with Gasteiger partial charge in [-0.2, -0.15) is 0 Å². The number of carboxylic acids is 1. The molecule has 1 fully saturated rings. The Bertz CT molecular complexity index is 482. The molecule has 2 unspecified atom stereocenters. The Labute approximate surface area is 109 Å². The molecule has 4 nitrogen and oxygen atoms in total. The van der Waals surface area contributed by atoms with Crippen molar-refractivity contribution >= 4 is 11.7 Å². The number of nitrogens with zero attached hydrogens (tertiary/aromatic N) is 1. The van der Waals surface area contributed by atoms with Crippen LogP contribution in [0.5, 0.6) is 0 Å². The molecule has 0 radical (unpaired) electrons. The first kappa shape index (κ1) is 13.7. The molecule has 6 heteroatoms. The van der Waals surface area contributed by atoms with Gasteiger partial charge >= 0.3 is 5.97 Å². The molecule has 3 N–H and O–H groups in total. The highest BCUT2D eigenvalue weighted by Crippen LogP contribution is 2.25. The summed E-state index contributed by atoms with van der Waals surface area (Å²) in [5.74, 6) is -2.75. The Morgan fingerprint density at radius 1 is 1.37 bits per heavy atom. The number of piperidine rings is 1. The molecule has 1 aromatic carbocycles. The van der Waals surface area contributed by atoms with Crippen LogP contribution in [0.1, 0.15) is 12.8 Å². The van der Waals surface area contributed by atoms with E-state index in [4.69, 9.17) is 10.8 Å². The van der Waals surface area contributed by atoms with E-state index in [1.165, 1.54) is 6.07 Å². The lowest BCUT2D eigenvalue weighted by Crippen LogP contribution is -2.47. The second-order valence-corrected chi connectivity index (χ2v) is 4.96. The van der Waals surface area contributed by atoms with Crippen LogP contribution in [-0.2, 0) is 4.79 Å². The predicted octanol–water partition coefficient (Wildman–Crippen LogP) is 1.59. The first-order valence-corrected chi connectivity index (χ1v) is 6.13. The smallest absolute Gasteiger partial charge is 0.303 e. The standard InChI is InChI=1S/C13H16F2N2O2/c14-11-2-1-10(5-12(11)15)17-6-8(4-13(18)19)3-9(16)7-17/h1-2,5,8-9H,3-4,6-7,16H2,(H,18,19). The van der Waals surface area contributed by atoms with Gasteiger partial charge in [-0.3, -0.25) is 4.79 Å². The zero-order valence-electron chi connectivity index (χ0n) is 10.4. The van der Waals surface area contributed by atoms with Crippen molar-refractivity contribution in [3.63, 3.8) is 0 Å². The van der Waals surface area contributed by atoms with E-state index in [2.05, 4.69) is 0 Å². The monoisotopic (exact) mass is 270 g/mol. The molecule has 2 rings (SSSR count). The third-order valence-electron chi connectivity index (χ3n) is 3.30. The summed E-state index contributed by atoms with van der Waals surface area (Å²) < 4.78 is 26.1. The molecule has 1 aromatic rings. The summed E-state index contributed by atoms with van der Waals surface area (Å²) in [4.78, 5) is 12.6. The van der Waals surface area contributed by atoms with Crippen LogP contribution in [0.3, 0.4) is 0 Å². The number of anilines is 1. The second-order valence-electron chi connectivity index (χ2n) is 4.96. The van der Waals surface area contributed by atoms with Crippen molar-refractivity contribution in [2.45, 2.75) is 18.9 Å². The zero-order valence-corrected chi connectivity index (χ0v) is 10.4. The van der Waals surface area contributed by atoms with Crippen molar-refractivity contribution in [2.24, 2.45) is 11.7 Å². The maximum atomic E-state index is 13.2. The fourth-order valence-electron chi connectivity index (χ4n) is 2.53. The van der Waals surface area contributed by atoms with Crippen molar-refractivity contribution < 1.29 is 18.7 Å². The molecule has 0 aliphatic carbocycles. The van der Waals surface area contributed by atoms with Crippen LogP contribution in [-0.4, -0.2) is 30.2 Å². The maximum Gasteiger partial charge on any atom is 0.303 e. The summed E-state index contributed by atoms with van der Waals surface area (Å²) in [6.07, 6.45) is 0.667. The lowest BCUT2D eigenvalue weighted by atomic mass is 9.91. The number of hydrogen-bond donors (Lipinski definition) is 2. The van der Waals surface area contributed by atoms with Gasteiger partial charge in [0, 0.05) is 37.3 Å². The van der Waals surface area contributed by atoms with Crippen molar-refractivity contribution in [1.29, 1.82) is 0 Å². The molecule has 1 aliphatic rings. The summed E-state index contributed by atoms with van der Waals surface area (Å²) in [5, 5.41) is 8.82. The average Bonchev–Trinajstić information content (AvgIpc) is 2.31. The third-order valence-corrected chi connectivity index (χ3v) is 3.30. The van der Waals surface area contributed by atoms with Gasteiger partial charge in [-0.15, -0.1) is 0 Å². The summed E-state index contributed by atoms with van der Waals surface area (Å²) in [6.45, 7) is 1.01. The minimum absolute atomic E-state index is 0.0356. The Morgan fingerprint density at radius 2 is 2.11 bits per heavy atom. The second kappa shape index (κ2) is 5.52. The van der Waals surface area contributed by atoms with E-state index in [9.17, 15) is 13.6 Å². The molecule has 0 amide bonds. The Morgan fingerprint density at radius 3 is 2.74 bits per heavy atom. The highest BCUT2D eigenvalue weighted by atomic mass is 19.2. The summed E-state index contributed by atoms with van der Waals surface area (Å²) in [5.41, 5.74) is 6.43. The van der Waals surface area contributed by atoms with Gasteiger partial charge in [0.05, 0.1) is 0 Å². The van der Waals surface area contributed by atoms with Gasteiger partial charge in [0.2, 0.25) is 0 Å². The Balaban J connectivity index is 2.14. The lowest BCUT2D eigenvalue weighted by molar-refractivity contribution is -0.138. The topological polar surface area (TPSA) is 66.6 Å². The highest BCUT2D eigenvalue weighted by Gasteiger charge is 2.27. The van der Waals surface area contributed by atoms with E-state index >= 15 is 0 Å². The van der Waals surface area contributed by atoms with Gasteiger partial charge in [-0.05, 0) is 24.5 Å². The van der Waals surface area contributed by atoms with Crippen LogP contribution in [0.25, 0.3) is 0 Å². The molecule has 0 spiro atoms. The van der Waals surface area contributed by atoms with Gasteiger partial charge < -0.3 is 15.7 Å². The van der Waals surface area contributed by atoms with Gasteiger partial charge in [-0.1, -0.05) is 0 Å². The minimum Gasteiger partial charge on any atom is -0.481 e. The molecule has 104 valence electrons. The van der Waals surface area contributed by atoms with Crippen LogP contribution in [0.15, 0.2) is 18.2 Å². The quantitative estimate of drug-likeness (QED) is 0.875. The zero-order chi connectivity index (χ0) is 14.0. The minimum atomic E-state index is -0.911. The number of nitrogens with two attached hydrogens (primary N) is 1. The van der Waals surface area contributed by atoms with Crippen molar-refractivity contribution in [1.82, 2.24) is 0 Å². The van der Waals surface area contributed by atoms with Crippen LogP contribution in [0, 0.1) is 17.6 Å². The molecule has 19 heavy (non-hydrogen) atoms. The summed E-state index contributed by atoms with van der Waals surface area (Å²) in [7, 11) is 0. The van der Waals surface area contributed by atoms with Crippen molar-refractivity contribution in [3.8, 4) is 0 Å². The third kappa shape index (κ3) is 3.41. The summed E-state index contributed by atoms with van der Waals surface area (Å²) in [6, 6.07) is 3.50. The van der Waals surface area contributed by atoms with Gasteiger partial charge in [0.15, 0.2) is 11.6 Å². The number of rotatable bonds is 3. The molecule has 0 bridgehead atoms. The summed E-state index contributed by atoms with van der Waals surface area (Å²) >= 11 is 0. The number of hydrogen-bond acceptors (Lipinski definition) is 3. The molecule has 0 aromatic heterocycles. The van der Waals surface area contributed by atoms with Gasteiger partial charge in [0.25, 0.3) is 0 Å². The van der Waals surface area contributed by atoms with E-state index in [1.807, 2.05) is 4.90 Å². The van der Waals surface area contributed by atoms with E-state index < -0.39 is 17.6 Å². The number of carboxylic acid groups (broad SMARTS) is 1. The number of halogens is 2. The molecular weight excluding hydrogens is 254 g/mol. The average molecular weight is 270 g/mol. The Hall–Kier alpha value is -1.69. The molecule has 1 heterocycles. The molecular formula is C13H16F2N2O2. The fraction of sp³-hybridized carbons (Fsp3) is 0.462. The Kier molecular flexibility index (Phi) is 3.99. The van der Waals surface area contributed by atoms with Crippen LogP contribution in [0.4, 0.5) is 14.5 Å². The fourth-order valence-corrected chi connectivity index (χ4v) is 2.53.